The summed E-state index contributed by atoms with van der Waals surface area (Å²) in [7, 11) is 0. The third-order valence-electron chi connectivity index (χ3n) is 4.47. The molecule has 130 valence electrons. The van der Waals surface area contributed by atoms with Crippen LogP contribution in [0.2, 0.25) is 0 Å². The van der Waals surface area contributed by atoms with Gasteiger partial charge in [-0.1, -0.05) is 0 Å². The van der Waals surface area contributed by atoms with E-state index in [1.165, 1.54) is 11.3 Å². The monoisotopic (exact) mass is 365 g/mol. The van der Waals surface area contributed by atoms with E-state index < -0.39 is 0 Å². The van der Waals surface area contributed by atoms with E-state index in [1.807, 2.05) is 18.5 Å². The molecule has 1 aliphatic heterocycles. The fourth-order valence-electron chi connectivity index (χ4n) is 3.07. The van der Waals surface area contributed by atoms with Crippen LogP contribution in [0.3, 0.4) is 0 Å². The van der Waals surface area contributed by atoms with Gasteiger partial charge >= 0.3 is 0 Å². The third-order valence-corrected chi connectivity index (χ3v) is 5.24. The van der Waals surface area contributed by atoms with E-state index >= 15 is 0 Å². The minimum Gasteiger partial charge on any atom is -0.323 e. The molecule has 0 N–H and O–H groups in total. The fourth-order valence-corrected chi connectivity index (χ4v) is 3.77. The van der Waals surface area contributed by atoms with Crippen molar-refractivity contribution < 1.29 is 9.59 Å². The van der Waals surface area contributed by atoms with Crippen LogP contribution in [-0.2, 0) is 4.79 Å². The average molecular weight is 365 g/mol. The number of rotatable bonds is 2. The van der Waals surface area contributed by atoms with Crippen LogP contribution in [0.25, 0.3) is 4.96 Å². The van der Waals surface area contributed by atoms with E-state index in [4.69, 9.17) is 5.26 Å². The zero-order valence-electron chi connectivity index (χ0n) is 14.0. The Morgan fingerprint density at radius 2 is 2.12 bits per heavy atom. The molecule has 1 aromatic carbocycles. The molecule has 0 bridgehead atoms. The summed E-state index contributed by atoms with van der Waals surface area (Å²) < 4.78 is 1.80. The Hall–Kier alpha value is -3.18. The largest absolute Gasteiger partial charge is 0.323 e. The van der Waals surface area contributed by atoms with Crippen molar-refractivity contribution >= 4 is 33.8 Å². The van der Waals surface area contributed by atoms with Crippen LogP contribution < -0.4 is 4.90 Å². The van der Waals surface area contributed by atoms with Crippen molar-refractivity contribution in [1.82, 2.24) is 14.3 Å². The lowest BCUT2D eigenvalue weighted by atomic mass is 10.1. The Labute approximate surface area is 153 Å². The first kappa shape index (κ1) is 16.3. The van der Waals surface area contributed by atoms with Crippen molar-refractivity contribution in [2.24, 2.45) is 0 Å². The molecule has 8 heteroatoms. The fraction of sp³-hybridized carbons (Fsp3) is 0.222. The summed E-state index contributed by atoms with van der Waals surface area (Å²) >= 11 is 1.46. The zero-order valence-corrected chi connectivity index (χ0v) is 14.8. The van der Waals surface area contributed by atoms with Crippen LogP contribution >= 0.6 is 11.3 Å². The molecule has 3 aromatic rings. The van der Waals surface area contributed by atoms with Gasteiger partial charge < -0.3 is 9.80 Å². The van der Waals surface area contributed by atoms with Gasteiger partial charge in [-0.25, -0.2) is 4.98 Å². The number of piperazine rings is 1. The van der Waals surface area contributed by atoms with Crippen LogP contribution in [0.5, 0.6) is 0 Å². The number of carbonyl (C=O) groups is 2. The summed E-state index contributed by atoms with van der Waals surface area (Å²) in [4.78, 5) is 33.7. The molecule has 4 rings (SSSR count). The summed E-state index contributed by atoms with van der Waals surface area (Å²) in [6.07, 6.45) is 3.54. The van der Waals surface area contributed by atoms with Crippen LogP contribution in [-0.4, -0.2) is 45.2 Å². The molecule has 0 aliphatic carbocycles. The zero-order chi connectivity index (χ0) is 18.3. The van der Waals surface area contributed by atoms with E-state index in [1.54, 1.807) is 44.7 Å². The molecule has 1 atom stereocenters. The summed E-state index contributed by atoms with van der Waals surface area (Å²) in [5.41, 5.74) is 1.63. The summed E-state index contributed by atoms with van der Waals surface area (Å²) in [6.45, 7) is 2.32. The lowest BCUT2D eigenvalue weighted by Crippen LogP contribution is -2.57. The number of anilines is 1. The highest BCUT2D eigenvalue weighted by Crippen LogP contribution is 2.22. The molecule has 1 aliphatic rings. The Morgan fingerprint density at radius 3 is 2.81 bits per heavy atom. The number of hydrogen-bond acceptors (Lipinski definition) is 5. The van der Waals surface area contributed by atoms with Gasteiger partial charge in [-0.15, -0.1) is 11.3 Å². The van der Waals surface area contributed by atoms with Crippen LogP contribution in [0.4, 0.5) is 5.69 Å². The maximum Gasteiger partial charge on any atom is 0.274 e. The summed E-state index contributed by atoms with van der Waals surface area (Å²) in [5.74, 6) is -0.386. The Kier molecular flexibility index (Phi) is 3.93. The lowest BCUT2D eigenvalue weighted by molar-refractivity contribution is -0.121. The first-order valence-corrected chi connectivity index (χ1v) is 8.98. The van der Waals surface area contributed by atoms with Gasteiger partial charge in [0.1, 0.15) is 12.2 Å². The molecule has 2 aromatic heterocycles. The van der Waals surface area contributed by atoms with Gasteiger partial charge in [0.25, 0.3) is 5.91 Å². The molecule has 7 nitrogen and oxygen atoms in total. The lowest BCUT2D eigenvalue weighted by Gasteiger charge is -2.39. The molecule has 2 amide bonds. The van der Waals surface area contributed by atoms with E-state index in [0.29, 0.717) is 17.8 Å². The highest BCUT2D eigenvalue weighted by Gasteiger charge is 2.34. The van der Waals surface area contributed by atoms with Crippen LogP contribution in [0.15, 0.2) is 42.0 Å². The summed E-state index contributed by atoms with van der Waals surface area (Å²) in [6, 6.07) is 8.79. The normalized spacial score (nSPS) is 17.5. The van der Waals surface area contributed by atoms with Gasteiger partial charge in [-0.05, 0) is 31.2 Å². The van der Waals surface area contributed by atoms with Gasteiger partial charge in [0.05, 0.1) is 11.6 Å². The second kappa shape index (κ2) is 6.28. The van der Waals surface area contributed by atoms with Crippen molar-refractivity contribution in [3.8, 4) is 6.07 Å². The maximum atomic E-state index is 12.8. The minimum atomic E-state index is -0.235. The number of imidazole rings is 1. The number of nitrogens with zero attached hydrogens (tertiary/aromatic N) is 5. The highest BCUT2D eigenvalue weighted by molar-refractivity contribution is 7.15. The number of thiazole rings is 1. The second-order valence-electron chi connectivity index (χ2n) is 6.16. The smallest absolute Gasteiger partial charge is 0.274 e. The van der Waals surface area contributed by atoms with E-state index in [0.717, 1.165) is 10.6 Å². The summed E-state index contributed by atoms with van der Waals surface area (Å²) in [5, 5.41) is 10.8. The Balaban J connectivity index is 1.54. The molecule has 1 fully saturated rings. The number of carbonyl (C=O) groups excluding carboxylic acids is 2. The third kappa shape index (κ3) is 2.72. The Bertz CT molecular complexity index is 1000. The number of nitriles is 1. The van der Waals surface area contributed by atoms with Crippen molar-refractivity contribution in [1.29, 1.82) is 5.26 Å². The molecule has 0 spiro atoms. The molecule has 1 unspecified atom stereocenters. The van der Waals surface area contributed by atoms with Crippen molar-refractivity contribution in [3.63, 3.8) is 0 Å². The molecule has 3 heterocycles. The average Bonchev–Trinajstić information content (AvgIpc) is 3.25. The number of benzene rings is 1. The first-order valence-electron chi connectivity index (χ1n) is 8.10. The second-order valence-corrected chi connectivity index (χ2v) is 7.04. The molecule has 26 heavy (non-hydrogen) atoms. The number of hydrogen-bond donors (Lipinski definition) is 0. The predicted molar refractivity (Wildman–Crippen MR) is 97.1 cm³/mol. The van der Waals surface area contributed by atoms with E-state index in [-0.39, 0.29) is 24.4 Å². The first-order chi connectivity index (χ1) is 12.6. The van der Waals surface area contributed by atoms with Crippen LogP contribution in [0, 0.1) is 11.3 Å². The van der Waals surface area contributed by atoms with Crippen molar-refractivity contribution in [2.75, 3.05) is 18.0 Å². The standard InChI is InChI=1S/C18H15N5O2S/c1-12-9-23(14-4-2-13(8-19)3-5-14)16(24)11-22(12)17(25)15-10-21-6-7-26-18(21)20-15/h2-7,10,12H,9,11H2,1H3. The number of fused-ring (bicyclic) bond motifs is 1. The maximum absolute atomic E-state index is 12.8. The Morgan fingerprint density at radius 1 is 1.35 bits per heavy atom. The number of amides is 2. The van der Waals surface area contributed by atoms with Gasteiger partial charge in [-0.2, -0.15) is 5.26 Å². The van der Waals surface area contributed by atoms with Gasteiger partial charge in [0.15, 0.2) is 4.96 Å². The molecule has 0 radical (unpaired) electrons. The highest BCUT2D eigenvalue weighted by atomic mass is 32.1. The van der Waals surface area contributed by atoms with Gasteiger partial charge in [0.2, 0.25) is 5.91 Å². The van der Waals surface area contributed by atoms with Gasteiger partial charge in [0, 0.05) is 36.0 Å². The SMILES string of the molecule is CC1CN(c2ccc(C#N)cc2)C(=O)CN1C(=O)c1cn2ccsc2n1. The minimum absolute atomic E-state index is 0.00514. The van der Waals surface area contributed by atoms with Crippen LogP contribution in [0.1, 0.15) is 23.0 Å². The number of aromatic nitrogens is 2. The molecule has 0 saturated carbocycles. The predicted octanol–water partition coefficient (Wildman–Crippen LogP) is 2.14. The quantitative estimate of drug-likeness (QED) is 0.697. The van der Waals surface area contributed by atoms with Crippen molar-refractivity contribution in [2.45, 2.75) is 13.0 Å². The van der Waals surface area contributed by atoms with Gasteiger partial charge in [-0.3, -0.25) is 14.0 Å². The van der Waals surface area contributed by atoms with Crippen molar-refractivity contribution in [3.05, 3.63) is 53.3 Å². The molecular weight excluding hydrogens is 350 g/mol. The van der Waals surface area contributed by atoms with E-state index in [9.17, 15) is 9.59 Å². The van der Waals surface area contributed by atoms with E-state index in [2.05, 4.69) is 11.1 Å². The molecular formula is C18H15N5O2S. The topological polar surface area (TPSA) is 81.7 Å². The molecule has 1 saturated heterocycles.